The molecule has 2 saturated heterocycles. The van der Waals surface area contributed by atoms with E-state index in [1.165, 1.54) is 12.1 Å². The van der Waals surface area contributed by atoms with Gasteiger partial charge in [0.25, 0.3) is 0 Å². The molecule has 1 aromatic rings. The highest BCUT2D eigenvalue weighted by atomic mass is 32.2. The topological polar surface area (TPSA) is 126 Å². The first kappa shape index (κ1) is 25.3. The minimum absolute atomic E-state index is 0. The summed E-state index contributed by atoms with van der Waals surface area (Å²) in [5.74, 6) is 1.22. The van der Waals surface area contributed by atoms with Crippen LogP contribution in [0, 0.1) is 18.8 Å². The maximum Gasteiger partial charge on any atom is 0.159 e. The third-order valence-corrected chi connectivity index (χ3v) is 11.1. The molecule has 2 heterocycles. The monoisotopic (exact) mass is 486 g/mol. The fourth-order valence-corrected chi connectivity index (χ4v) is 8.81. The van der Waals surface area contributed by atoms with Gasteiger partial charge in [-0.25, -0.2) is 16.8 Å². The minimum Gasteiger partial charge on any atom is -0.744 e. The molecular formula is C22H34N2O6S2. The SMILES string of the molecule is C[N+]1(C)CCN(C2CS(=O)(=O)C23CC2C=CC3C2)CC1.Cc1ccc(S(=O)(=O)[O-])cc1.O. The van der Waals surface area contributed by atoms with Crippen molar-refractivity contribution in [2.24, 2.45) is 11.8 Å². The maximum absolute atomic E-state index is 12.5. The Morgan fingerprint density at radius 2 is 1.69 bits per heavy atom. The smallest absolute Gasteiger partial charge is 0.159 e. The Balaban J connectivity index is 0.000000207. The van der Waals surface area contributed by atoms with Crippen LogP contribution < -0.4 is 0 Å². The van der Waals surface area contributed by atoms with Crippen molar-refractivity contribution in [3.05, 3.63) is 42.0 Å². The van der Waals surface area contributed by atoms with E-state index in [-0.39, 0.29) is 16.4 Å². The average molecular weight is 487 g/mol. The van der Waals surface area contributed by atoms with Crippen LogP contribution in [0.4, 0.5) is 0 Å². The minimum atomic E-state index is -4.27. The largest absolute Gasteiger partial charge is 0.744 e. The molecule has 1 saturated carbocycles. The molecule has 8 nitrogen and oxygen atoms in total. The van der Waals surface area contributed by atoms with Crippen LogP contribution in [0.3, 0.4) is 0 Å². The van der Waals surface area contributed by atoms with Gasteiger partial charge in [0.15, 0.2) is 9.84 Å². The second kappa shape index (κ2) is 8.48. The van der Waals surface area contributed by atoms with Gasteiger partial charge in [-0.2, -0.15) is 0 Å². The predicted octanol–water partition coefficient (Wildman–Crippen LogP) is 0.585. The summed E-state index contributed by atoms with van der Waals surface area (Å²) in [5, 5.41) is 0. The molecular weight excluding hydrogens is 452 g/mol. The number of likely N-dealkylation sites (N-methyl/N-ethyl adjacent to an activating group) is 1. The second-order valence-corrected chi connectivity index (χ2v) is 13.8. The van der Waals surface area contributed by atoms with Crippen LogP contribution >= 0.6 is 0 Å². The Bertz CT molecular complexity index is 1070. The third-order valence-electron chi connectivity index (χ3n) is 7.64. The first-order chi connectivity index (χ1) is 14.3. The molecule has 2 bridgehead atoms. The Kier molecular flexibility index (Phi) is 6.71. The average Bonchev–Trinajstić information content (AvgIpc) is 3.30. The van der Waals surface area contributed by atoms with Crippen molar-refractivity contribution < 1.29 is 31.3 Å². The summed E-state index contributed by atoms with van der Waals surface area (Å²) < 4.78 is 56.9. The van der Waals surface area contributed by atoms with E-state index in [9.17, 15) is 21.4 Å². The van der Waals surface area contributed by atoms with Gasteiger partial charge < -0.3 is 14.5 Å². The Morgan fingerprint density at radius 3 is 2.12 bits per heavy atom. The molecule has 4 unspecified atom stereocenters. The van der Waals surface area contributed by atoms with Crippen LogP contribution in [0.25, 0.3) is 0 Å². The van der Waals surface area contributed by atoms with Gasteiger partial charge in [0.05, 0.1) is 42.6 Å². The standard InChI is InChI=1S/C15H25N2O2S.C7H8O3S.H2O/c1-17(2)7-5-16(6-8-17)14-11-20(18,19)15(14)10-12-3-4-13(15)9-12;1-6-2-4-7(5-3-6)11(8,9)10;/h3-4,12-14H,5-11H2,1-2H3;2-5H,1H3,(H,8,9,10);1H2/q+1;;/p-1. The lowest BCUT2D eigenvalue weighted by atomic mass is 9.84. The summed E-state index contributed by atoms with van der Waals surface area (Å²) in [7, 11) is -2.61. The van der Waals surface area contributed by atoms with Crippen molar-refractivity contribution in [3.8, 4) is 0 Å². The molecule has 5 rings (SSSR count). The van der Waals surface area contributed by atoms with E-state index < -0.39 is 24.7 Å². The lowest BCUT2D eigenvalue weighted by molar-refractivity contribution is -0.894. The van der Waals surface area contributed by atoms with Gasteiger partial charge in [0.1, 0.15) is 10.1 Å². The van der Waals surface area contributed by atoms with Gasteiger partial charge >= 0.3 is 0 Å². The first-order valence-electron chi connectivity index (χ1n) is 10.8. The molecule has 1 aromatic carbocycles. The van der Waals surface area contributed by atoms with Crippen LogP contribution in [0.15, 0.2) is 41.3 Å². The summed E-state index contributed by atoms with van der Waals surface area (Å²) in [4.78, 5) is 2.31. The van der Waals surface area contributed by atoms with E-state index in [1.807, 2.05) is 6.92 Å². The molecule has 32 heavy (non-hydrogen) atoms. The quantitative estimate of drug-likeness (QED) is 0.342. The van der Waals surface area contributed by atoms with Gasteiger partial charge in [-0.05, 0) is 43.7 Å². The molecule has 180 valence electrons. The molecule has 0 amide bonds. The Labute approximate surface area is 191 Å². The van der Waals surface area contributed by atoms with Crippen LogP contribution in [-0.2, 0) is 20.0 Å². The van der Waals surface area contributed by atoms with E-state index in [1.54, 1.807) is 12.1 Å². The first-order valence-corrected chi connectivity index (χ1v) is 13.9. The second-order valence-electron chi connectivity index (χ2n) is 10.1. The normalized spacial score (nSPS) is 34.3. The highest BCUT2D eigenvalue weighted by Crippen LogP contribution is 2.58. The van der Waals surface area contributed by atoms with E-state index in [0.717, 1.165) is 49.1 Å². The fraction of sp³-hybridized carbons (Fsp3) is 0.636. The van der Waals surface area contributed by atoms with E-state index in [4.69, 9.17) is 0 Å². The lowest BCUT2D eigenvalue weighted by Gasteiger charge is -2.56. The molecule has 10 heteroatoms. The summed E-state index contributed by atoms with van der Waals surface area (Å²) in [6.07, 6.45) is 6.40. The van der Waals surface area contributed by atoms with E-state index >= 15 is 0 Å². The summed E-state index contributed by atoms with van der Waals surface area (Å²) in [5.41, 5.74) is 0.928. The Morgan fingerprint density at radius 1 is 1.09 bits per heavy atom. The van der Waals surface area contributed by atoms with Crippen molar-refractivity contribution in [1.82, 2.24) is 4.90 Å². The number of allylic oxidation sites excluding steroid dienone is 2. The highest BCUT2D eigenvalue weighted by molar-refractivity contribution is 7.94. The highest BCUT2D eigenvalue weighted by Gasteiger charge is 2.69. The lowest BCUT2D eigenvalue weighted by Crippen LogP contribution is -2.73. The van der Waals surface area contributed by atoms with Gasteiger partial charge in [-0.1, -0.05) is 29.8 Å². The zero-order valence-electron chi connectivity index (χ0n) is 18.9. The molecule has 4 atom stereocenters. The molecule has 2 aliphatic carbocycles. The van der Waals surface area contributed by atoms with Crippen molar-refractivity contribution in [1.29, 1.82) is 0 Å². The number of piperazine rings is 1. The van der Waals surface area contributed by atoms with E-state index in [2.05, 4.69) is 31.1 Å². The van der Waals surface area contributed by atoms with Crippen LogP contribution in [0.5, 0.6) is 0 Å². The maximum atomic E-state index is 12.5. The number of hydrogen-bond acceptors (Lipinski definition) is 6. The van der Waals surface area contributed by atoms with Gasteiger partial charge in [0.2, 0.25) is 0 Å². The number of nitrogens with zero attached hydrogens (tertiary/aromatic N) is 2. The summed E-state index contributed by atoms with van der Waals surface area (Å²) in [6, 6.07) is 6.07. The van der Waals surface area contributed by atoms with Crippen molar-refractivity contribution in [2.45, 2.75) is 35.4 Å². The predicted molar refractivity (Wildman–Crippen MR) is 122 cm³/mol. The van der Waals surface area contributed by atoms with E-state index in [0.29, 0.717) is 17.6 Å². The number of quaternary nitrogens is 1. The number of rotatable bonds is 2. The number of hydrogen-bond donors (Lipinski definition) is 0. The molecule has 1 spiro atoms. The fourth-order valence-electron chi connectivity index (χ4n) is 5.66. The third kappa shape index (κ3) is 4.41. The van der Waals surface area contributed by atoms with Crippen molar-refractivity contribution >= 4 is 20.0 Å². The van der Waals surface area contributed by atoms with Crippen molar-refractivity contribution in [3.63, 3.8) is 0 Å². The summed E-state index contributed by atoms with van der Waals surface area (Å²) in [6.45, 7) is 6.19. The van der Waals surface area contributed by atoms with Gasteiger partial charge in [0, 0.05) is 19.1 Å². The van der Waals surface area contributed by atoms with Crippen molar-refractivity contribution in [2.75, 3.05) is 46.0 Å². The number of benzene rings is 1. The molecule has 3 fully saturated rings. The number of aryl methyl sites for hydroxylation is 1. The molecule has 0 aromatic heterocycles. The Hall–Kier alpha value is -1.30. The van der Waals surface area contributed by atoms with Crippen LogP contribution in [-0.4, -0.2) is 93.1 Å². The van der Waals surface area contributed by atoms with Crippen LogP contribution in [0.1, 0.15) is 18.4 Å². The van der Waals surface area contributed by atoms with Crippen LogP contribution in [0.2, 0.25) is 0 Å². The number of fused-ring (bicyclic) bond motifs is 3. The molecule has 4 aliphatic rings. The molecule has 0 radical (unpaired) electrons. The zero-order chi connectivity index (χ0) is 22.7. The zero-order valence-corrected chi connectivity index (χ0v) is 20.5. The van der Waals surface area contributed by atoms with Gasteiger partial charge in [-0.3, -0.25) is 4.90 Å². The molecule has 2 aliphatic heterocycles. The molecule has 2 N–H and O–H groups in total. The number of sulfone groups is 1. The van der Waals surface area contributed by atoms with Gasteiger partial charge in [-0.15, -0.1) is 0 Å². The summed E-state index contributed by atoms with van der Waals surface area (Å²) >= 11 is 0.